The number of anilines is 1. The smallest absolute Gasteiger partial charge is 0.335 e. The summed E-state index contributed by atoms with van der Waals surface area (Å²) in [7, 11) is 0. The number of aromatic nitrogens is 1. The number of carboxylic acid groups (broad SMARTS) is 1. The maximum Gasteiger partial charge on any atom is 0.335 e. The van der Waals surface area contributed by atoms with Crippen LogP contribution in [0.15, 0.2) is 72.9 Å². The van der Waals surface area contributed by atoms with Gasteiger partial charge in [0.2, 0.25) is 0 Å². The van der Waals surface area contributed by atoms with E-state index in [0.717, 1.165) is 18.4 Å². The van der Waals surface area contributed by atoms with Crippen molar-refractivity contribution in [2.45, 2.75) is 18.4 Å². The number of fused-ring (bicyclic) bond motifs is 1. The molecule has 0 bridgehead atoms. The first-order chi connectivity index (χ1) is 16.0. The summed E-state index contributed by atoms with van der Waals surface area (Å²) in [6.07, 6.45) is 3.31. The van der Waals surface area contributed by atoms with Gasteiger partial charge in [-0.05, 0) is 60.9 Å². The molecule has 6 nitrogen and oxygen atoms in total. The molecule has 0 saturated heterocycles. The lowest BCUT2D eigenvalue weighted by atomic mass is 10.0. The Balaban J connectivity index is 1.58. The van der Waals surface area contributed by atoms with Crippen LogP contribution in [0.3, 0.4) is 0 Å². The highest BCUT2D eigenvalue weighted by Gasteiger charge is 2.45. The van der Waals surface area contributed by atoms with Crippen LogP contribution < -0.4 is 10.1 Å². The number of hydrogen-bond donors (Lipinski definition) is 2. The van der Waals surface area contributed by atoms with Gasteiger partial charge in [0.25, 0.3) is 0 Å². The van der Waals surface area contributed by atoms with E-state index in [4.69, 9.17) is 4.74 Å². The van der Waals surface area contributed by atoms with Gasteiger partial charge >= 0.3 is 5.97 Å². The fourth-order valence-electron chi connectivity index (χ4n) is 3.97. The summed E-state index contributed by atoms with van der Waals surface area (Å²) in [4.78, 5) is 15.7. The minimum Gasteiger partial charge on any atom is -0.478 e. The summed E-state index contributed by atoms with van der Waals surface area (Å²) in [5.41, 5.74) is 1.26. The molecule has 4 aromatic rings. The molecule has 0 spiro atoms. The molecule has 0 atom stereocenters. The first-order valence-corrected chi connectivity index (χ1v) is 10.4. The fraction of sp³-hybridized carbons (Fsp3) is 0.115. The Bertz CT molecular complexity index is 1420. The molecule has 1 aliphatic carbocycles. The summed E-state index contributed by atoms with van der Waals surface area (Å²) in [6.45, 7) is 0. The van der Waals surface area contributed by atoms with Gasteiger partial charge < -0.3 is 15.2 Å². The van der Waals surface area contributed by atoms with Crippen molar-refractivity contribution in [2.24, 2.45) is 0 Å². The van der Waals surface area contributed by atoms with Gasteiger partial charge in [-0.15, -0.1) is 0 Å². The van der Waals surface area contributed by atoms with E-state index >= 15 is 0 Å². The maximum absolute atomic E-state index is 13.7. The third kappa shape index (κ3) is 3.83. The van der Waals surface area contributed by atoms with Gasteiger partial charge in [-0.2, -0.15) is 5.26 Å². The van der Waals surface area contributed by atoms with Crippen molar-refractivity contribution in [2.75, 3.05) is 5.32 Å². The largest absolute Gasteiger partial charge is 0.478 e. The predicted molar refractivity (Wildman–Crippen MR) is 121 cm³/mol. The number of benzene rings is 3. The number of nitrogens with one attached hydrogen (secondary N) is 1. The van der Waals surface area contributed by atoms with E-state index in [1.165, 1.54) is 12.1 Å². The Labute approximate surface area is 188 Å². The predicted octanol–water partition coefficient (Wildman–Crippen LogP) is 5.84. The highest BCUT2D eigenvalue weighted by atomic mass is 19.1. The second-order valence-corrected chi connectivity index (χ2v) is 7.95. The Hall–Kier alpha value is -4.44. The SMILES string of the molecule is N#Cc1ccc(Oc2cccc(F)c2)c2c(NC3(c4ccc(C(=O)O)cc4)CC3)nccc12. The molecule has 7 heteroatoms. The molecule has 0 aliphatic heterocycles. The summed E-state index contributed by atoms with van der Waals surface area (Å²) in [6, 6.07) is 19.9. The molecule has 1 saturated carbocycles. The Kier molecular flexibility index (Phi) is 4.91. The van der Waals surface area contributed by atoms with Crippen molar-refractivity contribution in [1.82, 2.24) is 4.98 Å². The van der Waals surface area contributed by atoms with Gasteiger partial charge in [0.15, 0.2) is 0 Å². The molecule has 0 unspecified atom stereocenters. The standard InChI is InChI=1S/C26H18FN3O3/c27-19-2-1-3-20(14-19)33-22-9-6-17(15-28)21-10-13-29-24(23(21)22)30-26(11-12-26)18-7-4-16(5-8-18)25(31)32/h1-10,13-14H,11-12H2,(H,29,30)(H,31,32). The zero-order chi connectivity index (χ0) is 23.0. The van der Waals surface area contributed by atoms with Crippen molar-refractivity contribution in [3.63, 3.8) is 0 Å². The van der Waals surface area contributed by atoms with Crippen LogP contribution in [0.25, 0.3) is 10.8 Å². The lowest BCUT2D eigenvalue weighted by Crippen LogP contribution is -2.20. The van der Waals surface area contributed by atoms with Crippen LogP contribution in [0.4, 0.5) is 10.2 Å². The summed E-state index contributed by atoms with van der Waals surface area (Å²) < 4.78 is 19.7. The molecular weight excluding hydrogens is 421 g/mol. The number of rotatable bonds is 6. The van der Waals surface area contributed by atoms with Crippen LogP contribution >= 0.6 is 0 Å². The lowest BCUT2D eigenvalue weighted by Gasteiger charge is -2.21. The molecule has 1 aliphatic rings. The van der Waals surface area contributed by atoms with E-state index in [9.17, 15) is 19.6 Å². The van der Waals surface area contributed by atoms with Crippen LogP contribution in [-0.2, 0) is 5.54 Å². The topological polar surface area (TPSA) is 95.2 Å². The Morgan fingerprint density at radius 1 is 1.12 bits per heavy atom. The number of carboxylic acids is 1. The number of aromatic carboxylic acids is 1. The van der Waals surface area contributed by atoms with E-state index in [0.29, 0.717) is 33.7 Å². The molecule has 1 heterocycles. The Morgan fingerprint density at radius 2 is 1.91 bits per heavy atom. The Morgan fingerprint density at radius 3 is 2.58 bits per heavy atom. The maximum atomic E-state index is 13.7. The van der Waals surface area contributed by atoms with Gasteiger partial charge in [-0.1, -0.05) is 18.2 Å². The van der Waals surface area contributed by atoms with Crippen molar-refractivity contribution in [1.29, 1.82) is 5.26 Å². The normalized spacial score (nSPS) is 13.8. The van der Waals surface area contributed by atoms with E-state index in [2.05, 4.69) is 16.4 Å². The fourth-order valence-corrected chi connectivity index (χ4v) is 3.97. The number of carbonyl (C=O) groups is 1. The van der Waals surface area contributed by atoms with E-state index in [-0.39, 0.29) is 5.56 Å². The van der Waals surface area contributed by atoms with Crippen LogP contribution in [0.1, 0.15) is 34.3 Å². The molecule has 5 rings (SSSR count). The molecule has 2 N–H and O–H groups in total. The van der Waals surface area contributed by atoms with Crippen LogP contribution in [0.2, 0.25) is 0 Å². The van der Waals surface area contributed by atoms with E-state index < -0.39 is 17.3 Å². The number of nitriles is 1. The number of ether oxygens (including phenoxy) is 1. The first kappa shape index (κ1) is 20.5. The summed E-state index contributed by atoms with van der Waals surface area (Å²) in [5, 5.41) is 23.6. The van der Waals surface area contributed by atoms with Crippen molar-refractivity contribution in [3.05, 3.63) is 95.4 Å². The zero-order valence-corrected chi connectivity index (χ0v) is 17.4. The average Bonchev–Trinajstić information content (AvgIpc) is 3.60. The molecule has 3 aromatic carbocycles. The molecule has 0 radical (unpaired) electrons. The zero-order valence-electron chi connectivity index (χ0n) is 17.4. The minimum atomic E-state index is -0.974. The van der Waals surface area contributed by atoms with E-state index in [1.807, 2.05) is 0 Å². The van der Waals surface area contributed by atoms with Crippen LogP contribution in [0.5, 0.6) is 11.5 Å². The second kappa shape index (κ2) is 7.92. The minimum absolute atomic E-state index is 0.224. The average molecular weight is 439 g/mol. The highest BCUT2D eigenvalue weighted by Crippen LogP contribution is 2.49. The van der Waals surface area contributed by atoms with Crippen molar-refractivity contribution in [3.8, 4) is 17.6 Å². The third-order valence-corrected chi connectivity index (χ3v) is 5.83. The molecule has 33 heavy (non-hydrogen) atoms. The highest BCUT2D eigenvalue weighted by molar-refractivity contribution is 6.00. The van der Waals surface area contributed by atoms with Gasteiger partial charge in [-0.25, -0.2) is 14.2 Å². The lowest BCUT2D eigenvalue weighted by molar-refractivity contribution is 0.0697. The van der Waals surface area contributed by atoms with E-state index in [1.54, 1.807) is 60.8 Å². The van der Waals surface area contributed by atoms with Gasteiger partial charge in [0.1, 0.15) is 23.1 Å². The molecule has 1 fully saturated rings. The molecule has 162 valence electrons. The quantitative estimate of drug-likeness (QED) is 0.392. The molecule has 1 aromatic heterocycles. The van der Waals surface area contributed by atoms with Gasteiger partial charge in [-0.3, -0.25) is 0 Å². The monoisotopic (exact) mass is 439 g/mol. The molecule has 0 amide bonds. The van der Waals surface area contributed by atoms with Gasteiger partial charge in [0, 0.05) is 17.6 Å². The number of halogens is 1. The first-order valence-electron chi connectivity index (χ1n) is 10.4. The van der Waals surface area contributed by atoms with Gasteiger partial charge in [0.05, 0.1) is 28.1 Å². The molecular formula is C26H18FN3O3. The number of pyridine rings is 1. The van der Waals surface area contributed by atoms with Crippen LogP contribution in [0, 0.1) is 17.1 Å². The number of hydrogen-bond acceptors (Lipinski definition) is 5. The summed E-state index contributed by atoms with van der Waals surface area (Å²) in [5.74, 6) is -0.0684. The van der Waals surface area contributed by atoms with Crippen molar-refractivity contribution >= 4 is 22.6 Å². The number of nitrogens with zero attached hydrogens (tertiary/aromatic N) is 2. The summed E-state index contributed by atoms with van der Waals surface area (Å²) >= 11 is 0. The van der Waals surface area contributed by atoms with Crippen LogP contribution in [-0.4, -0.2) is 16.1 Å². The van der Waals surface area contributed by atoms with Crippen molar-refractivity contribution < 1.29 is 19.0 Å². The second-order valence-electron chi connectivity index (χ2n) is 7.95. The third-order valence-electron chi connectivity index (χ3n) is 5.83.